The largest absolute Gasteiger partial charge is 0.383 e. The monoisotopic (exact) mass is 432 g/mol. The molecule has 4 rings (SSSR count). The highest BCUT2D eigenvalue weighted by Crippen LogP contribution is 2.42. The second-order valence-corrected chi connectivity index (χ2v) is 8.47. The molecule has 3 aromatic carbocycles. The van der Waals surface area contributed by atoms with Gasteiger partial charge in [-0.2, -0.15) is 0 Å². The third kappa shape index (κ3) is 4.65. The Balaban J connectivity index is 1.62. The molecule has 31 heavy (non-hydrogen) atoms. The van der Waals surface area contributed by atoms with Crippen molar-refractivity contribution in [1.82, 2.24) is 0 Å². The van der Waals surface area contributed by atoms with Crippen molar-refractivity contribution in [3.8, 4) is 0 Å². The minimum Gasteiger partial charge on any atom is -0.383 e. The number of fused-ring (bicyclic) bond motifs is 2. The van der Waals surface area contributed by atoms with Gasteiger partial charge in [0.05, 0.1) is 24.3 Å². The summed E-state index contributed by atoms with van der Waals surface area (Å²) in [6.45, 7) is 2.90. The van der Waals surface area contributed by atoms with Gasteiger partial charge in [0.2, 0.25) is 5.91 Å². The number of hydrogen-bond donors (Lipinski definition) is 1. The van der Waals surface area contributed by atoms with Gasteiger partial charge in [-0.15, -0.1) is 0 Å². The van der Waals surface area contributed by atoms with Crippen molar-refractivity contribution >= 4 is 35.0 Å². The summed E-state index contributed by atoms with van der Waals surface area (Å²) in [5.74, 6) is -0.115. The summed E-state index contributed by atoms with van der Waals surface area (Å²) < 4.78 is 5.22. The van der Waals surface area contributed by atoms with Gasteiger partial charge in [-0.3, -0.25) is 9.59 Å². The van der Waals surface area contributed by atoms with Gasteiger partial charge in [-0.1, -0.05) is 48.2 Å². The Morgan fingerprint density at radius 1 is 1.03 bits per heavy atom. The fraction of sp³-hybridized carbons (Fsp3) is 0.200. The molecule has 0 unspecified atom stereocenters. The van der Waals surface area contributed by atoms with Gasteiger partial charge in [-0.25, -0.2) is 0 Å². The van der Waals surface area contributed by atoms with Crippen LogP contribution in [0.3, 0.4) is 0 Å². The number of ether oxygens (including phenoxy) is 1. The zero-order valence-electron chi connectivity index (χ0n) is 17.6. The SMILES string of the molecule is COCCN1C(=O)c2ccccc2Sc2cc(NC(=O)Cc3ccccc3C)ccc21. The van der Waals surface area contributed by atoms with E-state index >= 15 is 0 Å². The number of anilines is 2. The number of rotatable bonds is 6. The summed E-state index contributed by atoms with van der Waals surface area (Å²) in [5.41, 5.74) is 4.31. The molecular weight excluding hydrogens is 408 g/mol. The molecule has 1 heterocycles. The van der Waals surface area contributed by atoms with E-state index in [1.807, 2.05) is 73.7 Å². The van der Waals surface area contributed by atoms with Gasteiger partial charge in [0, 0.05) is 29.1 Å². The van der Waals surface area contributed by atoms with Crippen LogP contribution >= 0.6 is 11.8 Å². The molecule has 0 fully saturated rings. The number of hydrogen-bond acceptors (Lipinski definition) is 4. The van der Waals surface area contributed by atoms with E-state index in [4.69, 9.17) is 4.74 Å². The van der Waals surface area contributed by atoms with Crippen molar-refractivity contribution < 1.29 is 14.3 Å². The molecule has 0 radical (unpaired) electrons. The van der Waals surface area contributed by atoms with E-state index in [0.717, 1.165) is 26.6 Å². The minimum absolute atomic E-state index is 0.0461. The Morgan fingerprint density at radius 2 is 1.81 bits per heavy atom. The third-order valence-corrected chi connectivity index (χ3v) is 6.37. The van der Waals surface area contributed by atoms with Crippen LogP contribution in [0.2, 0.25) is 0 Å². The number of aryl methyl sites for hydroxylation is 1. The Labute approximate surface area is 186 Å². The topological polar surface area (TPSA) is 58.6 Å². The van der Waals surface area contributed by atoms with Crippen LogP contribution in [-0.4, -0.2) is 32.1 Å². The van der Waals surface area contributed by atoms with Crippen LogP contribution in [0, 0.1) is 6.92 Å². The smallest absolute Gasteiger partial charge is 0.259 e. The Bertz CT molecular complexity index is 1130. The molecule has 1 aliphatic rings. The van der Waals surface area contributed by atoms with Crippen molar-refractivity contribution in [3.05, 3.63) is 83.4 Å². The number of benzene rings is 3. The lowest BCUT2D eigenvalue weighted by molar-refractivity contribution is -0.115. The molecule has 0 aliphatic carbocycles. The van der Waals surface area contributed by atoms with E-state index in [9.17, 15) is 9.59 Å². The van der Waals surface area contributed by atoms with Crippen LogP contribution in [-0.2, 0) is 16.0 Å². The van der Waals surface area contributed by atoms with E-state index in [1.54, 1.807) is 12.0 Å². The Morgan fingerprint density at radius 3 is 2.61 bits per heavy atom. The minimum atomic E-state index is -0.0689. The maximum atomic E-state index is 13.2. The lowest BCUT2D eigenvalue weighted by Gasteiger charge is -2.23. The van der Waals surface area contributed by atoms with Crippen molar-refractivity contribution in [2.24, 2.45) is 0 Å². The van der Waals surface area contributed by atoms with Gasteiger partial charge >= 0.3 is 0 Å². The average molecular weight is 433 g/mol. The van der Waals surface area contributed by atoms with E-state index in [1.165, 1.54) is 11.8 Å². The zero-order chi connectivity index (χ0) is 21.8. The molecule has 6 heteroatoms. The van der Waals surface area contributed by atoms with Crippen LogP contribution in [0.5, 0.6) is 0 Å². The van der Waals surface area contributed by atoms with Gasteiger partial charge in [0.25, 0.3) is 5.91 Å². The first-order valence-corrected chi connectivity index (χ1v) is 10.9. The standard InChI is InChI=1S/C25H24N2O3S/c1-17-7-3-4-8-18(17)15-24(28)26-19-11-12-21-23(16-19)31-22-10-6-5-9-20(22)25(29)27(21)13-14-30-2/h3-12,16H,13-15H2,1-2H3,(H,26,28). The molecular formula is C25H24N2O3S. The highest BCUT2D eigenvalue weighted by Gasteiger charge is 2.27. The van der Waals surface area contributed by atoms with Crippen molar-refractivity contribution in [1.29, 1.82) is 0 Å². The molecule has 5 nitrogen and oxygen atoms in total. The summed E-state index contributed by atoms with van der Waals surface area (Å²) in [5, 5.41) is 3.00. The van der Waals surface area contributed by atoms with E-state index in [-0.39, 0.29) is 11.8 Å². The summed E-state index contributed by atoms with van der Waals surface area (Å²) in [7, 11) is 1.62. The van der Waals surface area contributed by atoms with E-state index < -0.39 is 0 Å². The molecule has 3 aromatic rings. The van der Waals surface area contributed by atoms with E-state index in [2.05, 4.69) is 5.32 Å². The number of nitrogens with one attached hydrogen (secondary N) is 1. The maximum absolute atomic E-state index is 13.2. The van der Waals surface area contributed by atoms with Crippen LogP contribution < -0.4 is 10.2 Å². The number of methoxy groups -OCH3 is 1. The van der Waals surface area contributed by atoms with E-state index in [0.29, 0.717) is 30.8 Å². The molecule has 0 saturated carbocycles. The predicted octanol–water partition coefficient (Wildman–Crippen LogP) is 4.93. The summed E-state index contributed by atoms with van der Waals surface area (Å²) in [6, 6.07) is 21.2. The van der Waals surface area contributed by atoms with Gasteiger partial charge < -0.3 is 15.0 Å². The summed E-state index contributed by atoms with van der Waals surface area (Å²) in [6.07, 6.45) is 0.318. The Hall–Kier alpha value is -3.09. The van der Waals surface area contributed by atoms with Crippen LogP contribution in [0.25, 0.3) is 0 Å². The number of carbonyl (C=O) groups excluding carboxylic acids is 2. The fourth-order valence-corrected chi connectivity index (χ4v) is 4.71. The Kier molecular flexibility index (Phi) is 6.39. The first-order valence-electron chi connectivity index (χ1n) is 10.1. The molecule has 0 bridgehead atoms. The van der Waals surface area contributed by atoms with Gasteiger partial charge in [-0.05, 0) is 48.4 Å². The number of nitrogens with zero attached hydrogens (tertiary/aromatic N) is 1. The molecule has 158 valence electrons. The lowest BCUT2D eigenvalue weighted by Crippen LogP contribution is -2.33. The molecule has 0 saturated heterocycles. The normalized spacial score (nSPS) is 12.7. The van der Waals surface area contributed by atoms with Crippen molar-refractivity contribution in [2.45, 2.75) is 23.1 Å². The molecule has 0 spiro atoms. The maximum Gasteiger partial charge on any atom is 0.259 e. The number of amides is 2. The fourth-order valence-electron chi connectivity index (χ4n) is 3.59. The van der Waals surface area contributed by atoms with Gasteiger partial charge in [0.15, 0.2) is 0 Å². The summed E-state index contributed by atoms with van der Waals surface area (Å²) >= 11 is 1.54. The molecule has 0 aromatic heterocycles. The predicted molar refractivity (Wildman–Crippen MR) is 124 cm³/mol. The molecule has 1 aliphatic heterocycles. The van der Waals surface area contributed by atoms with Crippen molar-refractivity contribution in [2.75, 3.05) is 30.5 Å². The third-order valence-electron chi connectivity index (χ3n) is 5.25. The second kappa shape index (κ2) is 9.37. The zero-order valence-corrected chi connectivity index (χ0v) is 18.4. The van der Waals surface area contributed by atoms with Crippen LogP contribution in [0.15, 0.2) is 76.5 Å². The second-order valence-electron chi connectivity index (χ2n) is 7.38. The number of carbonyl (C=O) groups is 2. The van der Waals surface area contributed by atoms with Crippen LogP contribution in [0.4, 0.5) is 11.4 Å². The quantitative estimate of drug-likeness (QED) is 0.600. The first-order chi connectivity index (χ1) is 15.1. The average Bonchev–Trinajstić information content (AvgIpc) is 2.88. The highest BCUT2D eigenvalue weighted by atomic mass is 32.2. The van der Waals surface area contributed by atoms with Gasteiger partial charge in [0.1, 0.15) is 0 Å². The van der Waals surface area contributed by atoms with Crippen molar-refractivity contribution in [3.63, 3.8) is 0 Å². The molecule has 1 N–H and O–H groups in total. The lowest BCUT2D eigenvalue weighted by atomic mass is 10.1. The summed E-state index contributed by atoms with van der Waals surface area (Å²) in [4.78, 5) is 29.4. The van der Waals surface area contributed by atoms with Crippen LogP contribution in [0.1, 0.15) is 21.5 Å². The highest BCUT2D eigenvalue weighted by molar-refractivity contribution is 7.99. The molecule has 2 amide bonds. The first kappa shape index (κ1) is 21.2. The molecule has 0 atom stereocenters.